The molecule has 3 aromatic rings. The molecular weight excluding hydrogens is 684 g/mol. The molecule has 0 bridgehead atoms. The van der Waals surface area contributed by atoms with Gasteiger partial charge in [0.2, 0.25) is 5.79 Å². The molecule has 54 heavy (non-hydrogen) atoms. The lowest BCUT2D eigenvalue weighted by Gasteiger charge is -2.59. The molecule has 3 aliphatic rings. The van der Waals surface area contributed by atoms with Crippen molar-refractivity contribution in [1.82, 2.24) is 4.90 Å². The Hall–Kier alpha value is -4.64. The van der Waals surface area contributed by atoms with Gasteiger partial charge in [-0.25, -0.2) is 4.79 Å². The van der Waals surface area contributed by atoms with Gasteiger partial charge >= 0.3 is 6.09 Å². The fourth-order valence-electron chi connectivity index (χ4n) is 8.69. The van der Waals surface area contributed by atoms with E-state index in [1.165, 1.54) is 7.11 Å². The number of carbonyl (C=O) groups is 1. The average Bonchev–Trinajstić information content (AvgIpc) is 3.20. The van der Waals surface area contributed by atoms with E-state index in [1.807, 2.05) is 49.4 Å². The number of ether oxygens (including phenoxy) is 4. The van der Waals surface area contributed by atoms with Crippen LogP contribution < -0.4 is 9.47 Å². The van der Waals surface area contributed by atoms with Crippen LogP contribution >= 0.6 is 0 Å². The largest absolute Gasteiger partial charge is 0.459 e. The quantitative estimate of drug-likeness (QED) is 0.0804. The third-order valence-corrected chi connectivity index (χ3v) is 11.1. The summed E-state index contributed by atoms with van der Waals surface area (Å²) in [4.78, 5) is 20.6. The first-order chi connectivity index (χ1) is 26.4. The number of nitrogens with zero attached hydrogens (tertiary/aromatic N) is 2. The molecule has 10 heteroatoms. The number of aliphatic hydroxyl groups excluding tert-OH is 2. The van der Waals surface area contributed by atoms with E-state index in [1.54, 1.807) is 18.0 Å². The summed E-state index contributed by atoms with van der Waals surface area (Å²) in [5.74, 6) is 0.401. The zero-order chi connectivity index (χ0) is 38.1. The van der Waals surface area contributed by atoms with Crippen LogP contribution in [0.25, 0.3) is 11.1 Å². The van der Waals surface area contributed by atoms with Crippen LogP contribution in [-0.2, 0) is 14.3 Å². The van der Waals surface area contributed by atoms with Crippen molar-refractivity contribution in [2.45, 2.75) is 69.6 Å². The summed E-state index contributed by atoms with van der Waals surface area (Å²) in [6, 6.07) is 23.6. The Balaban J connectivity index is 1.51. The third kappa shape index (κ3) is 8.06. The molecule has 2 N–H and O–H groups in total. The van der Waals surface area contributed by atoms with Crippen LogP contribution in [0, 0.1) is 17.8 Å². The van der Waals surface area contributed by atoms with Gasteiger partial charge in [0, 0.05) is 38.2 Å². The summed E-state index contributed by atoms with van der Waals surface area (Å²) in [6.45, 7) is 6.67. The number of methoxy groups -OCH3 is 1. The minimum atomic E-state index is -1.33. The van der Waals surface area contributed by atoms with Gasteiger partial charge in [0.15, 0.2) is 0 Å². The van der Waals surface area contributed by atoms with Crippen molar-refractivity contribution in [3.8, 4) is 28.4 Å². The van der Waals surface area contributed by atoms with Crippen molar-refractivity contribution >= 4 is 11.8 Å². The van der Waals surface area contributed by atoms with Crippen LogP contribution in [0.5, 0.6) is 17.2 Å². The monoisotopic (exact) mass is 738 g/mol. The highest BCUT2D eigenvalue weighted by Crippen LogP contribution is 2.62. The SMILES string of the molecule is C=CCO[C@@]12Oc3ccc(Oc4ccc(-c5ccccc5)cc4)cc3[C@H]3[C@H](CCCCO)[C@@H](CCCCO)C=C(C(=NOCC)C[C@@H]1N(C)C(=O)OC)[C@H]32. The first-order valence-electron chi connectivity index (χ1n) is 19.2. The number of fused-ring (bicyclic) bond motifs is 2. The number of oxime groups is 1. The Labute approximate surface area is 319 Å². The van der Waals surface area contributed by atoms with Gasteiger partial charge in [-0.1, -0.05) is 72.6 Å². The maximum Gasteiger partial charge on any atom is 0.409 e. The summed E-state index contributed by atoms with van der Waals surface area (Å²) in [5, 5.41) is 24.3. The van der Waals surface area contributed by atoms with Crippen LogP contribution in [0.15, 0.2) is 102 Å². The number of allylic oxidation sites excluding steroid dienone is 1. The van der Waals surface area contributed by atoms with E-state index < -0.39 is 23.8 Å². The zero-order valence-corrected chi connectivity index (χ0v) is 31.7. The van der Waals surface area contributed by atoms with Gasteiger partial charge in [0.25, 0.3) is 0 Å². The fourth-order valence-corrected chi connectivity index (χ4v) is 8.69. The van der Waals surface area contributed by atoms with Gasteiger partial charge in [-0.15, -0.1) is 6.58 Å². The van der Waals surface area contributed by atoms with E-state index in [9.17, 15) is 15.0 Å². The first-order valence-corrected chi connectivity index (χ1v) is 19.2. The van der Waals surface area contributed by atoms with Crippen LogP contribution in [0.3, 0.4) is 0 Å². The van der Waals surface area contributed by atoms with E-state index in [0.29, 0.717) is 43.1 Å². The normalized spacial score (nSPS) is 24.7. The predicted octanol–water partition coefficient (Wildman–Crippen LogP) is 8.50. The van der Waals surface area contributed by atoms with Crippen LogP contribution in [0.1, 0.15) is 63.4 Å². The number of benzene rings is 3. The molecule has 0 saturated heterocycles. The molecule has 6 atom stereocenters. The molecule has 0 aromatic heterocycles. The topological polar surface area (TPSA) is 119 Å². The maximum atomic E-state index is 13.3. The number of rotatable bonds is 17. The van der Waals surface area contributed by atoms with Gasteiger partial charge < -0.3 is 38.9 Å². The third-order valence-electron chi connectivity index (χ3n) is 11.1. The summed E-state index contributed by atoms with van der Waals surface area (Å²) >= 11 is 0. The summed E-state index contributed by atoms with van der Waals surface area (Å²) in [5.41, 5.74) is 4.94. The molecule has 1 heterocycles. The Morgan fingerprint density at radius 2 is 1.69 bits per heavy atom. The number of amides is 1. The van der Waals surface area contributed by atoms with Gasteiger partial charge in [0.05, 0.1) is 25.3 Å². The lowest BCUT2D eigenvalue weighted by atomic mass is 9.55. The van der Waals surface area contributed by atoms with Gasteiger partial charge in [-0.05, 0) is 91.5 Å². The van der Waals surface area contributed by atoms with Crippen molar-refractivity contribution in [1.29, 1.82) is 0 Å². The van der Waals surface area contributed by atoms with Crippen molar-refractivity contribution in [3.05, 3.63) is 103 Å². The molecule has 1 saturated carbocycles. The molecule has 1 aliphatic heterocycles. The van der Waals surface area contributed by atoms with Crippen molar-refractivity contribution in [3.63, 3.8) is 0 Å². The Morgan fingerprint density at radius 1 is 0.981 bits per heavy atom. The van der Waals surface area contributed by atoms with E-state index in [0.717, 1.165) is 53.7 Å². The highest BCUT2D eigenvalue weighted by atomic mass is 16.7. The van der Waals surface area contributed by atoms with Crippen molar-refractivity contribution in [2.75, 3.05) is 40.6 Å². The summed E-state index contributed by atoms with van der Waals surface area (Å²) in [7, 11) is 3.07. The highest BCUT2D eigenvalue weighted by molar-refractivity contribution is 6.02. The number of aliphatic hydroxyl groups is 2. The molecule has 288 valence electrons. The molecular formula is C44H54N2O8. The second-order valence-corrected chi connectivity index (χ2v) is 14.3. The molecule has 2 aliphatic carbocycles. The van der Waals surface area contributed by atoms with Crippen molar-refractivity contribution < 1.29 is 38.8 Å². The molecule has 0 spiro atoms. The van der Waals surface area contributed by atoms with E-state index in [4.69, 9.17) is 23.8 Å². The van der Waals surface area contributed by atoms with E-state index in [2.05, 4.69) is 48.1 Å². The number of carbonyl (C=O) groups excluding carboxylic acids is 1. The first kappa shape index (κ1) is 39.1. The molecule has 0 radical (unpaired) electrons. The van der Waals surface area contributed by atoms with E-state index in [-0.39, 0.29) is 37.6 Å². The summed E-state index contributed by atoms with van der Waals surface area (Å²) in [6.07, 6.45) is 8.59. The number of hydrogen-bond donors (Lipinski definition) is 2. The molecule has 6 rings (SSSR count). The Bertz CT molecular complexity index is 1780. The Morgan fingerprint density at radius 3 is 2.37 bits per heavy atom. The lowest BCUT2D eigenvalue weighted by molar-refractivity contribution is -0.253. The minimum absolute atomic E-state index is 0.106. The number of unbranched alkanes of at least 4 members (excludes halogenated alkanes) is 2. The standard InChI is InChI=1S/C44H54N2O8/c1-5-26-51-44-40(46(3)43(49)50-4)29-38(45-52-6-2)36-27-32(16-10-12-24-47)35(17-11-13-25-48)41(42(36)44)37-28-34(22-23-39(37)54-44)53-33-20-18-31(19-21-33)30-14-8-7-9-15-30/h5,7-9,14-15,18-23,27-28,32,35,40-42,47-48H,1,6,10-13,16-17,24-26,29H2,2-4H3/t32-,35+,40-,41+,42+,44+/m0/s1. The molecule has 10 nitrogen and oxygen atoms in total. The van der Waals surface area contributed by atoms with Gasteiger partial charge in [-0.3, -0.25) is 0 Å². The Kier molecular flexibility index (Phi) is 13.1. The maximum absolute atomic E-state index is 13.3. The minimum Gasteiger partial charge on any atom is -0.459 e. The second-order valence-electron chi connectivity index (χ2n) is 14.3. The molecule has 3 aromatic carbocycles. The smallest absolute Gasteiger partial charge is 0.409 e. The van der Waals surface area contributed by atoms with Crippen molar-refractivity contribution in [2.24, 2.45) is 22.9 Å². The predicted molar refractivity (Wildman–Crippen MR) is 209 cm³/mol. The summed E-state index contributed by atoms with van der Waals surface area (Å²) < 4.78 is 25.8. The van der Waals surface area contributed by atoms with Crippen LogP contribution in [-0.4, -0.2) is 79.3 Å². The number of likely N-dealkylation sites (N-methyl/N-ethyl adjacent to an activating group) is 1. The average molecular weight is 739 g/mol. The lowest BCUT2D eigenvalue weighted by Crippen LogP contribution is -2.69. The number of hydrogen-bond acceptors (Lipinski definition) is 9. The van der Waals surface area contributed by atoms with Crippen LogP contribution in [0.4, 0.5) is 4.79 Å². The molecule has 1 fully saturated rings. The highest BCUT2D eigenvalue weighted by Gasteiger charge is 2.65. The zero-order valence-electron chi connectivity index (χ0n) is 31.7. The molecule has 1 amide bonds. The van der Waals surface area contributed by atoms with Crippen LogP contribution in [0.2, 0.25) is 0 Å². The van der Waals surface area contributed by atoms with Gasteiger partial charge in [-0.2, -0.15) is 0 Å². The second kappa shape index (κ2) is 18.1. The molecule has 0 unspecified atom stereocenters. The van der Waals surface area contributed by atoms with Gasteiger partial charge in [0.1, 0.15) is 29.9 Å². The van der Waals surface area contributed by atoms with E-state index >= 15 is 0 Å². The fraction of sp³-hybridized carbons (Fsp3) is 0.455.